The van der Waals surface area contributed by atoms with E-state index in [4.69, 9.17) is 0 Å². The number of thiazole rings is 1. The number of H-pyrrole nitrogens is 1. The first-order chi connectivity index (χ1) is 11.8. The number of amides is 1. The molecule has 3 aromatic rings. The highest BCUT2D eigenvalue weighted by Crippen LogP contribution is 2.29. The number of alkyl halides is 3. The Bertz CT molecular complexity index is 869. The zero-order chi connectivity index (χ0) is 18.0. The van der Waals surface area contributed by atoms with E-state index >= 15 is 0 Å². The molecule has 0 aliphatic carbocycles. The van der Waals surface area contributed by atoms with E-state index in [9.17, 15) is 18.0 Å². The second-order valence-corrected chi connectivity index (χ2v) is 5.78. The summed E-state index contributed by atoms with van der Waals surface area (Å²) in [5.74, 6) is 0.112. The van der Waals surface area contributed by atoms with Gasteiger partial charge >= 0.3 is 6.18 Å². The Morgan fingerprint density at radius 3 is 2.84 bits per heavy atom. The predicted molar refractivity (Wildman–Crippen MR) is 79.2 cm³/mol. The van der Waals surface area contributed by atoms with Gasteiger partial charge in [0.2, 0.25) is 11.8 Å². The van der Waals surface area contributed by atoms with Crippen LogP contribution >= 0.6 is 11.3 Å². The van der Waals surface area contributed by atoms with Crippen molar-refractivity contribution in [3.63, 3.8) is 0 Å². The molecule has 0 spiro atoms. The van der Waals surface area contributed by atoms with Crippen LogP contribution in [0.4, 0.5) is 13.2 Å². The van der Waals surface area contributed by atoms with E-state index in [1.165, 1.54) is 11.0 Å². The molecule has 0 bridgehead atoms. The first kappa shape index (κ1) is 17.0. The summed E-state index contributed by atoms with van der Waals surface area (Å²) in [7, 11) is 0. The lowest BCUT2D eigenvalue weighted by Gasteiger charge is -2.01. The Hall–Kier alpha value is -2.83. The number of aryl methyl sites for hydroxylation is 1. The summed E-state index contributed by atoms with van der Waals surface area (Å²) < 4.78 is 38.7. The summed E-state index contributed by atoms with van der Waals surface area (Å²) in [6.07, 6.45) is -3.00. The molecular weight excluding hydrogens is 361 g/mol. The molecule has 0 saturated heterocycles. The fourth-order valence-corrected chi connectivity index (χ4v) is 2.71. The lowest BCUT2D eigenvalue weighted by molar-refractivity contribution is -0.140. The van der Waals surface area contributed by atoms with Gasteiger partial charge in [0, 0.05) is 18.3 Å². The van der Waals surface area contributed by atoms with Gasteiger partial charge in [0.25, 0.3) is 5.91 Å². The fraction of sp³-hybridized carbons (Fsp3) is 0.333. The number of nitrogens with one attached hydrogen (secondary N) is 2. The summed E-state index contributed by atoms with van der Waals surface area (Å²) in [5, 5.41) is 14.1. The van der Waals surface area contributed by atoms with Crippen molar-refractivity contribution in [1.29, 1.82) is 0 Å². The Morgan fingerprint density at radius 1 is 1.40 bits per heavy atom. The molecule has 0 aromatic carbocycles. The molecule has 25 heavy (non-hydrogen) atoms. The van der Waals surface area contributed by atoms with Crippen LogP contribution in [0.2, 0.25) is 0 Å². The molecule has 3 rings (SSSR count). The summed E-state index contributed by atoms with van der Waals surface area (Å²) in [4.78, 5) is 23.5. The molecule has 0 saturated carbocycles. The molecule has 0 atom stereocenters. The molecule has 0 unspecified atom stereocenters. The van der Waals surface area contributed by atoms with Crippen LogP contribution in [-0.2, 0) is 12.6 Å². The van der Waals surface area contributed by atoms with Crippen LogP contribution in [0.15, 0.2) is 11.7 Å². The molecule has 9 nitrogen and oxygen atoms in total. The van der Waals surface area contributed by atoms with Crippen LogP contribution in [0.5, 0.6) is 0 Å². The molecule has 0 aliphatic heterocycles. The summed E-state index contributed by atoms with van der Waals surface area (Å²) in [6, 6.07) is 0. The van der Waals surface area contributed by atoms with E-state index in [0.717, 1.165) is 16.7 Å². The molecule has 0 radical (unpaired) electrons. The van der Waals surface area contributed by atoms with Crippen molar-refractivity contribution in [3.8, 4) is 5.95 Å². The predicted octanol–water partition coefficient (Wildman–Crippen LogP) is 1.14. The van der Waals surface area contributed by atoms with Crippen LogP contribution in [0.25, 0.3) is 5.95 Å². The van der Waals surface area contributed by atoms with Gasteiger partial charge in [-0.2, -0.15) is 27.9 Å². The molecule has 13 heteroatoms. The van der Waals surface area contributed by atoms with Crippen molar-refractivity contribution >= 4 is 17.2 Å². The normalized spacial score (nSPS) is 11.7. The van der Waals surface area contributed by atoms with E-state index in [1.807, 2.05) is 0 Å². The van der Waals surface area contributed by atoms with Crippen molar-refractivity contribution in [2.45, 2.75) is 19.5 Å². The Kier molecular flexibility index (Phi) is 4.48. The summed E-state index contributed by atoms with van der Waals surface area (Å²) >= 11 is 0.892. The second kappa shape index (κ2) is 6.58. The third-order valence-corrected chi connectivity index (χ3v) is 3.95. The van der Waals surface area contributed by atoms with Crippen LogP contribution in [0.1, 0.15) is 27.1 Å². The second-order valence-electron chi connectivity index (χ2n) is 4.83. The van der Waals surface area contributed by atoms with E-state index in [1.54, 1.807) is 6.92 Å². The average Bonchev–Trinajstić information content (AvgIpc) is 3.25. The first-order valence-corrected chi connectivity index (χ1v) is 7.82. The topological polar surface area (TPSA) is 114 Å². The Balaban J connectivity index is 1.58. The average molecular weight is 372 g/mol. The van der Waals surface area contributed by atoms with E-state index < -0.39 is 17.8 Å². The van der Waals surface area contributed by atoms with Crippen LogP contribution in [0, 0.1) is 6.92 Å². The van der Waals surface area contributed by atoms with Crippen molar-refractivity contribution in [2.75, 3.05) is 6.54 Å². The summed E-state index contributed by atoms with van der Waals surface area (Å²) in [5.41, 5.74) is -0.929. The molecule has 3 aromatic heterocycles. The highest BCUT2D eigenvalue weighted by atomic mass is 32.1. The summed E-state index contributed by atoms with van der Waals surface area (Å²) in [6.45, 7) is 1.75. The molecule has 1 amide bonds. The monoisotopic (exact) mass is 372 g/mol. The first-order valence-electron chi connectivity index (χ1n) is 6.94. The minimum absolute atomic E-state index is 0.0796. The van der Waals surface area contributed by atoms with Crippen molar-refractivity contribution in [1.82, 2.24) is 40.2 Å². The number of nitrogens with zero attached hydrogens (tertiary/aromatic N) is 6. The number of carbonyl (C=O) groups excluding carboxylic acids is 1. The van der Waals surface area contributed by atoms with Crippen molar-refractivity contribution in [3.05, 3.63) is 34.1 Å². The molecule has 0 aliphatic rings. The third kappa shape index (κ3) is 3.81. The molecule has 2 N–H and O–H groups in total. The van der Waals surface area contributed by atoms with Crippen molar-refractivity contribution in [2.24, 2.45) is 0 Å². The van der Waals surface area contributed by atoms with E-state index in [-0.39, 0.29) is 23.8 Å². The maximum atomic E-state index is 12.5. The fourth-order valence-electron chi connectivity index (χ4n) is 1.91. The molecular formula is C12H11F3N8OS. The highest BCUT2D eigenvalue weighted by Gasteiger charge is 2.33. The number of aromatic amines is 1. The molecule has 132 valence electrons. The van der Waals surface area contributed by atoms with Gasteiger partial charge < -0.3 is 5.32 Å². The smallest absolute Gasteiger partial charge is 0.349 e. The van der Waals surface area contributed by atoms with Crippen LogP contribution < -0.4 is 5.32 Å². The lowest BCUT2D eigenvalue weighted by atomic mass is 10.4. The molecule has 0 fully saturated rings. The largest absolute Gasteiger partial charge is 0.434 e. The maximum absolute atomic E-state index is 12.5. The minimum Gasteiger partial charge on any atom is -0.349 e. The SMILES string of the molecule is Cc1nc(C(=O)NCCc2nc(C(F)(F)F)cs2)nn1-c1ncn[nH]1. The van der Waals surface area contributed by atoms with Gasteiger partial charge in [-0.15, -0.1) is 16.4 Å². The number of hydrogen-bond donors (Lipinski definition) is 2. The molecule has 3 heterocycles. The minimum atomic E-state index is -4.47. The van der Waals surface area contributed by atoms with E-state index in [2.05, 4.69) is 35.6 Å². The number of halogens is 3. The third-order valence-electron chi connectivity index (χ3n) is 3.04. The van der Waals surface area contributed by atoms with Crippen LogP contribution in [-0.4, -0.2) is 47.4 Å². The number of rotatable bonds is 5. The zero-order valence-electron chi connectivity index (χ0n) is 12.7. The van der Waals surface area contributed by atoms with Gasteiger partial charge in [0.15, 0.2) is 5.69 Å². The van der Waals surface area contributed by atoms with Gasteiger partial charge in [-0.25, -0.2) is 15.1 Å². The number of carbonyl (C=O) groups is 1. The van der Waals surface area contributed by atoms with Gasteiger partial charge in [-0.3, -0.25) is 4.79 Å². The number of hydrogen-bond acceptors (Lipinski definition) is 7. The van der Waals surface area contributed by atoms with Gasteiger partial charge in [-0.05, 0) is 6.92 Å². The maximum Gasteiger partial charge on any atom is 0.434 e. The van der Waals surface area contributed by atoms with Gasteiger partial charge in [0.1, 0.15) is 12.2 Å². The van der Waals surface area contributed by atoms with Crippen LogP contribution in [0.3, 0.4) is 0 Å². The Morgan fingerprint density at radius 2 is 2.20 bits per heavy atom. The van der Waals surface area contributed by atoms with Crippen molar-refractivity contribution < 1.29 is 18.0 Å². The quantitative estimate of drug-likeness (QED) is 0.694. The lowest BCUT2D eigenvalue weighted by Crippen LogP contribution is -2.27. The van der Waals surface area contributed by atoms with Gasteiger partial charge in [-0.1, -0.05) is 0 Å². The standard InChI is InChI=1S/C12H11F3N8OS/c1-6-19-9(22-23(6)11-17-5-18-21-11)10(24)16-3-2-8-20-7(4-25-8)12(13,14)15/h4-5H,2-3H2,1H3,(H,16,24)(H,17,18,21). The highest BCUT2D eigenvalue weighted by molar-refractivity contribution is 7.09. The Labute approximate surface area is 142 Å². The zero-order valence-corrected chi connectivity index (χ0v) is 13.5. The van der Waals surface area contributed by atoms with Gasteiger partial charge in [0.05, 0.1) is 5.01 Å². The van der Waals surface area contributed by atoms with E-state index in [0.29, 0.717) is 11.8 Å². The number of aromatic nitrogens is 7.